The zero-order chi connectivity index (χ0) is 13.1. The van der Waals surface area contributed by atoms with Crippen LogP contribution in [-0.4, -0.2) is 6.54 Å². The van der Waals surface area contributed by atoms with Gasteiger partial charge in [0.25, 0.3) is 0 Å². The smallest absolute Gasteiger partial charge is 0.128 e. The van der Waals surface area contributed by atoms with E-state index >= 15 is 0 Å². The summed E-state index contributed by atoms with van der Waals surface area (Å²) >= 11 is 3.37. The summed E-state index contributed by atoms with van der Waals surface area (Å²) in [5.41, 5.74) is 0.961. The third-order valence-electron chi connectivity index (χ3n) is 3.27. The molecule has 1 unspecified atom stereocenters. The Morgan fingerprint density at radius 3 is 2.65 bits per heavy atom. The summed E-state index contributed by atoms with van der Waals surface area (Å²) in [5.74, 6) is -0.150. The summed E-state index contributed by atoms with van der Waals surface area (Å²) in [6.45, 7) is 9.48. The van der Waals surface area contributed by atoms with Crippen LogP contribution < -0.4 is 5.32 Å². The van der Waals surface area contributed by atoms with Gasteiger partial charge in [0, 0.05) is 22.6 Å². The summed E-state index contributed by atoms with van der Waals surface area (Å²) < 4.78 is 14.6. The van der Waals surface area contributed by atoms with Gasteiger partial charge in [-0.15, -0.1) is 0 Å². The van der Waals surface area contributed by atoms with Gasteiger partial charge in [-0.25, -0.2) is 4.39 Å². The summed E-state index contributed by atoms with van der Waals surface area (Å²) in [6.07, 6.45) is 1.10. The molecule has 96 valence electrons. The lowest BCUT2D eigenvalue weighted by Crippen LogP contribution is -2.31. The first-order valence-electron chi connectivity index (χ1n) is 6.04. The number of rotatable bonds is 5. The predicted octanol–water partition coefficient (Wildman–Crippen LogP) is 4.68. The molecule has 0 radical (unpaired) electrons. The standard InChI is InChI=1S/C14H21BrFN/c1-5-14(3,4)9-17-10(2)12-8-11(15)6-7-13(12)16/h6-8,10,17H,5,9H2,1-4H3. The Morgan fingerprint density at radius 2 is 2.06 bits per heavy atom. The van der Waals surface area contributed by atoms with Crippen molar-refractivity contribution in [1.29, 1.82) is 0 Å². The van der Waals surface area contributed by atoms with Crippen molar-refractivity contribution in [2.45, 2.75) is 40.2 Å². The maximum absolute atomic E-state index is 13.7. The molecule has 1 nitrogen and oxygen atoms in total. The van der Waals surface area contributed by atoms with Crippen molar-refractivity contribution < 1.29 is 4.39 Å². The summed E-state index contributed by atoms with van der Waals surface area (Å²) in [7, 11) is 0. The molecule has 0 bridgehead atoms. The van der Waals surface area contributed by atoms with Crippen LogP contribution >= 0.6 is 15.9 Å². The Bertz CT molecular complexity index is 376. The van der Waals surface area contributed by atoms with Crippen LogP contribution in [0.1, 0.15) is 45.7 Å². The van der Waals surface area contributed by atoms with Crippen LogP contribution in [0.5, 0.6) is 0 Å². The van der Waals surface area contributed by atoms with Crippen molar-refractivity contribution in [3.63, 3.8) is 0 Å². The van der Waals surface area contributed by atoms with Crippen molar-refractivity contribution in [2.75, 3.05) is 6.54 Å². The molecule has 1 rings (SSSR count). The number of benzene rings is 1. The molecule has 0 aliphatic rings. The molecular formula is C14H21BrFN. The highest BCUT2D eigenvalue weighted by molar-refractivity contribution is 9.10. The summed E-state index contributed by atoms with van der Waals surface area (Å²) in [5, 5.41) is 3.40. The first-order valence-corrected chi connectivity index (χ1v) is 6.83. The molecule has 1 N–H and O–H groups in total. The van der Waals surface area contributed by atoms with Crippen LogP contribution in [0.25, 0.3) is 0 Å². The second-order valence-corrected chi connectivity index (χ2v) is 6.20. The molecule has 17 heavy (non-hydrogen) atoms. The molecule has 0 heterocycles. The SMILES string of the molecule is CCC(C)(C)CNC(C)c1cc(Br)ccc1F. The second-order valence-electron chi connectivity index (χ2n) is 5.29. The molecule has 1 atom stereocenters. The van der Waals surface area contributed by atoms with Crippen LogP contribution in [0.3, 0.4) is 0 Å². The van der Waals surface area contributed by atoms with Gasteiger partial charge in [-0.1, -0.05) is 36.7 Å². The van der Waals surface area contributed by atoms with Crippen molar-refractivity contribution in [2.24, 2.45) is 5.41 Å². The topological polar surface area (TPSA) is 12.0 Å². The molecule has 3 heteroatoms. The minimum Gasteiger partial charge on any atom is -0.310 e. The molecule has 0 aromatic heterocycles. The average Bonchev–Trinajstić information content (AvgIpc) is 2.29. The van der Waals surface area contributed by atoms with Gasteiger partial charge in [-0.3, -0.25) is 0 Å². The number of nitrogens with one attached hydrogen (secondary N) is 1. The van der Waals surface area contributed by atoms with E-state index in [9.17, 15) is 4.39 Å². The molecule has 0 aliphatic heterocycles. The molecule has 0 spiro atoms. The zero-order valence-electron chi connectivity index (χ0n) is 11.0. The fraction of sp³-hybridized carbons (Fsp3) is 0.571. The van der Waals surface area contributed by atoms with Crippen LogP contribution in [0.15, 0.2) is 22.7 Å². The molecule has 0 amide bonds. The lowest BCUT2D eigenvalue weighted by molar-refractivity contribution is 0.312. The Hall–Kier alpha value is -0.410. The van der Waals surface area contributed by atoms with E-state index in [4.69, 9.17) is 0 Å². The van der Waals surface area contributed by atoms with E-state index < -0.39 is 0 Å². The minimum absolute atomic E-state index is 0.0262. The van der Waals surface area contributed by atoms with Crippen molar-refractivity contribution >= 4 is 15.9 Å². The van der Waals surface area contributed by atoms with Gasteiger partial charge in [0.1, 0.15) is 5.82 Å². The summed E-state index contributed by atoms with van der Waals surface area (Å²) in [4.78, 5) is 0. The maximum atomic E-state index is 13.7. The molecule has 0 saturated carbocycles. The lowest BCUT2D eigenvalue weighted by Gasteiger charge is -2.26. The van der Waals surface area contributed by atoms with E-state index in [-0.39, 0.29) is 17.3 Å². The fourth-order valence-corrected chi connectivity index (χ4v) is 1.89. The molecule has 0 aliphatic carbocycles. The largest absolute Gasteiger partial charge is 0.310 e. The highest BCUT2D eigenvalue weighted by Gasteiger charge is 2.17. The number of halogens is 2. The van der Waals surface area contributed by atoms with Gasteiger partial charge in [0.2, 0.25) is 0 Å². The molecule has 1 aromatic carbocycles. The van der Waals surface area contributed by atoms with Crippen molar-refractivity contribution in [3.8, 4) is 0 Å². The highest BCUT2D eigenvalue weighted by atomic mass is 79.9. The third-order valence-corrected chi connectivity index (χ3v) is 3.76. The van der Waals surface area contributed by atoms with Gasteiger partial charge >= 0.3 is 0 Å². The van der Waals surface area contributed by atoms with Gasteiger partial charge in [0.05, 0.1) is 0 Å². The van der Waals surface area contributed by atoms with Crippen LogP contribution in [0, 0.1) is 11.2 Å². The quantitative estimate of drug-likeness (QED) is 0.833. The first kappa shape index (κ1) is 14.7. The molecule has 1 aromatic rings. The Morgan fingerprint density at radius 1 is 1.41 bits per heavy atom. The second kappa shape index (κ2) is 5.96. The van der Waals surface area contributed by atoms with E-state index in [1.54, 1.807) is 6.07 Å². The molecule has 0 fully saturated rings. The normalized spacial score (nSPS) is 13.8. The minimum atomic E-state index is -0.150. The van der Waals surface area contributed by atoms with Gasteiger partial charge in [0.15, 0.2) is 0 Å². The van der Waals surface area contributed by atoms with E-state index in [0.29, 0.717) is 5.56 Å². The zero-order valence-corrected chi connectivity index (χ0v) is 12.6. The molecule has 0 saturated heterocycles. The van der Waals surface area contributed by atoms with Gasteiger partial charge in [-0.2, -0.15) is 0 Å². The van der Waals surface area contributed by atoms with Crippen LogP contribution in [0.2, 0.25) is 0 Å². The van der Waals surface area contributed by atoms with Crippen molar-refractivity contribution in [1.82, 2.24) is 5.32 Å². The van der Waals surface area contributed by atoms with E-state index in [1.165, 1.54) is 6.07 Å². The van der Waals surface area contributed by atoms with Gasteiger partial charge < -0.3 is 5.32 Å². The monoisotopic (exact) mass is 301 g/mol. The van der Waals surface area contributed by atoms with Crippen molar-refractivity contribution in [3.05, 3.63) is 34.1 Å². The predicted molar refractivity (Wildman–Crippen MR) is 74.6 cm³/mol. The van der Waals surface area contributed by atoms with E-state index in [0.717, 1.165) is 17.4 Å². The summed E-state index contributed by atoms with van der Waals surface area (Å²) in [6, 6.07) is 5.09. The van der Waals surface area contributed by atoms with Gasteiger partial charge in [-0.05, 0) is 37.0 Å². The Kier molecular flexibility index (Phi) is 5.14. The fourth-order valence-electron chi connectivity index (χ4n) is 1.51. The Labute approximate surface area is 112 Å². The average molecular weight is 302 g/mol. The first-order chi connectivity index (χ1) is 7.85. The van der Waals surface area contributed by atoms with Crippen LogP contribution in [-0.2, 0) is 0 Å². The number of hydrogen-bond donors (Lipinski definition) is 1. The number of hydrogen-bond acceptors (Lipinski definition) is 1. The van der Waals surface area contributed by atoms with E-state index in [2.05, 4.69) is 42.0 Å². The maximum Gasteiger partial charge on any atom is 0.128 e. The van der Waals surface area contributed by atoms with Crippen LogP contribution in [0.4, 0.5) is 4.39 Å². The lowest BCUT2D eigenvalue weighted by atomic mass is 9.90. The third kappa shape index (κ3) is 4.40. The molecular weight excluding hydrogens is 281 g/mol. The Balaban J connectivity index is 2.70. The highest BCUT2D eigenvalue weighted by Crippen LogP contribution is 2.24. The van der Waals surface area contributed by atoms with E-state index in [1.807, 2.05) is 13.0 Å².